The highest BCUT2D eigenvalue weighted by molar-refractivity contribution is 7.89. The average molecular weight is 264 g/mol. The SMILES string of the molecule is CC(C)(N)CNS(=O)(=O)c1cncc(Cl)c1. The lowest BCUT2D eigenvalue weighted by molar-refractivity contribution is 0.498. The Morgan fingerprint density at radius 1 is 1.50 bits per heavy atom. The van der Waals surface area contributed by atoms with Crippen molar-refractivity contribution in [2.24, 2.45) is 5.73 Å². The van der Waals surface area contributed by atoms with Crippen molar-refractivity contribution in [2.45, 2.75) is 24.3 Å². The van der Waals surface area contributed by atoms with Gasteiger partial charge in [-0.05, 0) is 19.9 Å². The summed E-state index contributed by atoms with van der Waals surface area (Å²) in [6.07, 6.45) is 2.60. The molecule has 0 spiro atoms. The topological polar surface area (TPSA) is 85.1 Å². The van der Waals surface area contributed by atoms with Crippen LogP contribution in [0.25, 0.3) is 0 Å². The summed E-state index contributed by atoms with van der Waals surface area (Å²) in [6, 6.07) is 1.33. The zero-order valence-corrected chi connectivity index (χ0v) is 10.6. The lowest BCUT2D eigenvalue weighted by Gasteiger charge is -2.18. The van der Waals surface area contributed by atoms with Gasteiger partial charge in [-0.15, -0.1) is 0 Å². The van der Waals surface area contributed by atoms with E-state index in [0.29, 0.717) is 0 Å². The van der Waals surface area contributed by atoms with Gasteiger partial charge in [-0.1, -0.05) is 11.6 Å². The Morgan fingerprint density at radius 3 is 2.62 bits per heavy atom. The van der Waals surface area contributed by atoms with E-state index in [0.717, 1.165) is 0 Å². The van der Waals surface area contributed by atoms with Crippen molar-refractivity contribution >= 4 is 21.6 Å². The maximum atomic E-state index is 11.8. The smallest absolute Gasteiger partial charge is 0.242 e. The number of hydrogen-bond acceptors (Lipinski definition) is 4. The third-order valence-electron chi connectivity index (χ3n) is 1.71. The molecule has 3 N–H and O–H groups in total. The molecule has 0 aliphatic rings. The Hall–Kier alpha value is -0.690. The van der Waals surface area contributed by atoms with Gasteiger partial charge in [0, 0.05) is 24.5 Å². The van der Waals surface area contributed by atoms with Crippen molar-refractivity contribution in [3.63, 3.8) is 0 Å². The van der Waals surface area contributed by atoms with Crippen LogP contribution in [-0.2, 0) is 10.0 Å². The third kappa shape index (κ3) is 4.05. The summed E-state index contributed by atoms with van der Waals surface area (Å²) < 4.78 is 25.9. The van der Waals surface area contributed by atoms with Crippen molar-refractivity contribution in [2.75, 3.05) is 6.54 Å². The summed E-state index contributed by atoms with van der Waals surface area (Å²) in [5.41, 5.74) is 5.07. The number of nitrogens with one attached hydrogen (secondary N) is 1. The number of rotatable bonds is 4. The number of aromatic nitrogens is 1. The monoisotopic (exact) mass is 263 g/mol. The van der Waals surface area contributed by atoms with Crippen LogP contribution < -0.4 is 10.5 Å². The highest BCUT2D eigenvalue weighted by Gasteiger charge is 2.19. The Kier molecular flexibility index (Phi) is 3.90. The Bertz CT molecular complexity index is 468. The van der Waals surface area contributed by atoms with Gasteiger partial charge in [-0.3, -0.25) is 4.98 Å². The molecule has 1 rings (SSSR count). The fourth-order valence-corrected chi connectivity index (χ4v) is 2.35. The lowest BCUT2D eigenvalue weighted by Crippen LogP contribution is -2.45. The summed E-state index contributed by atoms with van der Waals surface area (Å²) >= 11 is 5.66. The molecule has 0 atom stereocenters. The molecule has 16 heavy (non-hydrogen) atoms. The Morgan fingerprint density at radius 2 is 2.12 bits per heavy atom. The molecule has 0 fully saturated rings. The zero-order chi connectivity index (χ0) is 12.4. The fraction of sp³-hybridized carbons (Fsp3) is 0.444. The highest BCUT2D eigenvalue weighted by Crippen LogP contribution is 2.13. The van der Waals surface area contributed by atoms with Crippen LogP contribution in [0.3, 0.4) is 0 Å². The molecule has 90 valence electrons. The van der Waals surface area contributed by atoms with Crippen LogP contribution in [0.1, 0.15) is 13.8 Å². The van der Waals surface area contributed by atoms with Crippen LogP contribution in [0.2, 0.25) is 5.02 Å². The van der Waals surface area contributed by atoms with E-state index in [1.54, 1.807) is 13.8 Å². The van der Waals surface area contributed by atoms with Crippen LogP contribution in [0, 0.1) is 0 Å². The normalized spacial score (nSPS) is 12.8. The first-order chi connectivity index (χ1) is 7.21. The quantitative estimate of drug-likeness (QED) is 0.840. The number of pyridine rings is 1. The molecule has 5 nitrogen and oxygen atoms in total. The standard InChI is InChI=1S/C9H14ClN3O2S/c1-9(2,11)6-13-16(14,15)8-3-7(10)4-12-5-8/h3-5,13H,6,11H2,1-2H3. The second-order valence-electron chi connectivity index (χ2n) is 4.15. The molecule has 1 aromatic rings. The van der Waals surface area contributed by atoms with Gasteiger partial charge in [0.05, 0.1) is 5.02 Å². The molecule has 0 bridgehead atoms. The molecular formula is C9H14ClN3O2S. The molecule has 0 aliphatic carbocycles. The Labute approximate surface area is 100 Å². The molecule has 7 heteroatoms. The van der Waals surface area contributed by atoms with E-state index in [2.05, 4.69) is 9.71 Å². The highest BCUT2D eigenvalue weighted by atomic mass is 35.5. The molecule has 0 saturated heterocycles. The average Bonchev–Trinajstić information content (AvgIpc) is 2.14. The Balaban J connectivity index is 2.87. The fourth-order valence-electron chi connectivity index (χ4n) is 0.904. The molecule has 0 amide bonds. The van der Waals surface area contributed by atoms with E-state index in [1.165, 1.54) is 18.5 Å². The van der Waals surface area contributed by atoms with Gasteiger partial charge < -0.3 is 5.73 Å². The number of nitrogens with zero attached hydrogens (tertiary/aromatic N) is 1. The summed E-state index contributed by atoms with van der Waals surface area (Å²) in [6.45, 7) is 3.60. The number of nitrogens with two attached hydrogens (primary N) is 1. The van der Waals surface area contributed by atoms with E-state index >= 15 is 0 Å². The van der Waals surface area contributed by atoms with E-state index in [1.807, 2.05) is 0 Å². The summed E-state index contributed by atoms with van der Waals surface area (Å²) in [7, 11) is -3.59. The minimum Gasteiger partial charge on any atom is -0.324 e. The van der Waals surface area contributed by atoms with E-state index in [-0.39, 0.29) is 16.5 Å². The first-order valence-corrected chi connectivity index (χ1v) is 6.46. The summed E-state index contributed by atoms with van der Waals surface area (Å²) in [4.78, 5) is 3.74. The van der Waals surface area contributed by atoms with E-state index in [9.17, 15) is 8.42 Å². The molecule has 1 heterocycles. The number of hydrogen-bond donors (Lipinski definition) is 2. The van der Waals surface area contributed by atoms with Gasteiger partial charge in [0.15, 0.2) is 0 Å². The number of sulfonamides is 1. The molecule has 0 saturated carbocycles. The molecular weight excluding hydrogens is 250 g/mol. The maximum Gasteiger partial charge on any atom is 0.242 e. The minimum absolute atomic E-state index is 0.0317. The van der Waals surface area contributed by atoms with Crippen LogP contribution in [0.4, 0.5) is 0 Å². The first kappa shape index (κ1) is 13.4. The molecule has 0 radical (unpaired) electrons. The zero-order valence-electron chi connectivity index (χ0n) is 9.07. The lowest BCUT2D eigenvalue weighted by atomic mass is 10.1. The van der Waals surface area contributed by atoms with Gasteiger partial charge in [0.25, 0.3) is 0 Å². The largest absolute Gasteiger partial charge is 0.324 e. The second kappa shape index (κ2) is 4.67. The predicted molar refractivity (Wildman–Crippen MR) is 62.7 cm³/mol. The maximum absolute atomic E-state index is 11.8. The molecule has 0 unspecified atom stereocenters. The van der Waals surface area contributed by atoms with Crippen LogP contribution in [0.15, 0.2) is 23.4 Å². The predicted octanol–water partition coefficient (Wildman–Crippen LogP) is 0.751. The number of halogens is 1. The van der Waals surface area contributed by atoms with Crippen molar-refractivity contribution in [1.82, 2.24) is 9.71 Å². The van der Waals surface area contributed by atoms with Crippen LogP contribution in [0.5, 0.6) is 0 Å². The third-order valence-corrected chi connectivity index (χ3v) is 3.28. The molecule has 0 aliphatic heterocycles. The van der Waals surface area contributed by atoms with Gasteiger partial charge >= 0.3 is 0 Å². The summed E-state index contributed by atoms with van der Waals surface area (Å²) in [5, 5.41) is 0.273. The van der Waals surface area contributed by atoms with Gasteiger partial charge in [0.1, 0.15) is 4.90 Å². The van der Waals surface area contributed by atoms with Crippen molar-refractivity contribution < 1.29 is 8.42 Å². The first-order valence-electron chi connectivity index (χ1n) is 4.60. The van der Waals surface area contributed by atoms with E-state index < -0.39 is 15.6 Å². The van der Waals surface area contributed by atoms with Crippen molar-refractivity contribution in [1.29, 1.82) is 0 Å². The van der Waals surface area contributed by atoms with E-state index in [4.69, 9.17) is 17.3 Å². The molecule has 0 aromatic carbocycles. The summed E-state index contributed by atoms with van der Waals surface area (Å²) in [5.74, 6) is 0. The van der Waals surface area contributed by atoms with Crippen LogP contribution >= 0.6 is 11.6 Å². The van der Waals surface area contributed by atoms with Crippen molar-refractivity contribution in [3.8, 4) is 0 Å². The second-order valence-corrected chi connectivity index (χ2v) is 6.36. The van der Waals surface area contributed by atoms with Gasteiger partial charge in [-0.25, -0.2) is 13.1 Å². The van der Waals surface area contributed by atoms with Gasteiger partial charge in [-0.2, -0.15) is 0 Å². The minimum atomic E-state index is -3.59. The molecule has 1 aromatic heterocycles. The van der Waals surface area contributed by atoms with Crippen LogP contribution in [-0.4, -0.2) is 25.5 Å². The van der Waals surface area contributed by atoms with Gasteiger partial charge in [0.2, 0.25) is 10.0 Å². The van der Waals surface area contributed by atoms with Crippen molar-refractivity contribution in [3.05, 3.63) is 23.5 Å².